The predicted octanol–water partition coefficient (Wildman–Crippen LogP) is 6.50. The molecule has 4 rings (SSSR count). The van der Waals surface area contributed by atoms with Crippen LogP contribution in [-0.4, -0.2) is 19.6 Å². The number of halogens is 4. The van der Waals surface area contributed by atoms with E-state index in [2.05, 4.69) is 43.2 Å². The van der Waals surface area contributed by atoms with Gasteiger partial charge in [0.05, 0.1) is 10.5 Å². The molecule has 0 amide bonds. The Morgan fingerprint density at radius 1 is 1.22 bits per heavy atom. The van der Waals surface area contributed by atoms with Crippen molar-refractivity contribution >= 4 is 56.1 Å². The van der Waals surface area contributed by atoms with Crippen molar-refractivity contribution in [1.29, 1.82) is 0 Å². The number of benzene rings is 1. The fourth-order valence-corrected chi connectivity index (χ4v) is 5.13. The Morgan fingerprint density at radius 2 is 2.00 bits per heavy atom. The highest BCUT2D eigenvalue weighted by Crippen LogP contribution is 2.36. The van der Waals surface area contributed by atoms with Crippen molar-refractivity contribution in [2.24, 2.45) is 0 Å². The SMILES string of the molecule is FC(F)c1nnc(-c2nc(Br)c3c(Cl)cc(SCc4ccccc4)cn23)s1. The topological polar surface area (TPSA) is 43.1 Å². The van der Waals surface area contributed by atoms with Gasteiger partial charge >= 0.3 is 0 Å². The van der Waals surface area contributed by atoms with Gasteiger partial charge in [0.15, 0.2) is 15.8 Å². The molecule has 0 atom stereocenters. The number of fused-ring (bicyclic) bond motifs is 1. The molecule has 138 valence electrons. The minimum atomic E-state index is -2.66. The van der Waals surface area contributed by atoms with E-state index in [0.29, 0.717) is 26.0 Å². The first-order valence-corrected chi connectivity index (χ1v) is 10.7. The number of hydrogen-bond donors (Lipinski definition) is 0. The molecule has 0 bridgehead atoms. The van der Waals surface area contributed by atoms with Crippen LogP contribution in [0.4, 0.5) is 8.78 Å². The molecular weight excluding hydrogens is 478 g/mol. The summed E-state index contributed by atoms with van der Waals surface area (Å²) in [5.41, 5.74) is 1.85. The summed E-state index contributed by atoms with van der Waals surface area (Å²) in [7, 11) is 0. The maximum Gasteiger partial charge on any atom is 0.291 e. The largest absolute Gasteiger partial charge is 0.294 e. The van der Waals surface area contributed by atoms with Crippen LogP contribution in [0.25, 0.3) is 16.3 Å². The fraction of sp³-hybridized carbons (Fsp3) is 0.118. The molecule has 10 heteroatoms. The van der Waals surface area contributed by atoms with E-state index < -0.39 is 6.43 Å². The maximum atomic E-state index is 12.9. The Labute approximate surface area is 174 Å². The van der Waals surface area contributed by atoms with Crippen molar-refractivity contribution in [2.75, 3.05) is 0 Å². The van der Waals surface area contributed by atoms with Gasteiger partial charge in [0.1, 0.15) is 4.60 Å². The van der Waals surface area contributed by atoms with Gasteiger partial charge in [-0.15, -0.1) is 22.0 Å². The summed E-state index contributed by atoms with van der Waals surface area (Å²) in [5, 5.41) is 7.89. The highest BCUT2D eigenvalue weighted by atomic mass is 79.9. The number of nitrogens with zero attached hydrogens (tertiary/aromatic N) is 4. The summed E-state index contributed by atoms with van der Waals surface area (Å²) in [6, 6.07) is 11.9. The smallest absolute Gasteiger partial charge is 0.291 e. The van der Waals surface area contributed by atoms with Crippen LogP contribution in [-0.2, 0) is 5.75 Å². The van der Waals surface area contributed by atoms with Crippen LogP contribution in [0.2, 0.25) is 5.02 Å². The van der Waals surface area contributed by atoms with E-state index in [9.17, 15) is 8.78 Å². The molecule has 0 radical (unpaired) electrons. The van der Waals surface area contributed by atoms with E-state index in [0.717, 1.165) is 22.0 Å². The molecule has 0 aliphatic rings. The third-order valence-corrected chi connectivity index (χ3v) is 6.49. The lowest BCUT2D eigenvalue weighted by atomic mass is 10.2. The van der Waals surface area contributed by atoms with Crippen molar-refractivity contribution in [2.45, 2.75) is 17.1 Å². The van der Waals surface area contributed by atoms with Crippen LogP contribution in [0.1, 0.15) is 17.0 Å². The Kier molecular flexibility index (Phi) is 5.45. The molecule has 0 N–H and O–H groups in total. The summed E-state index contributed by atoms with van der Waals surface area (Å²) in [5.74, 6) is 1.20. The fourth-order valence-electron chi connectivity index (χ4n) is 2.49. The molecule has 3 aromatic heterocycles. The van der Waals surface area contributed by atoms with Crippen LogP contribution in [0.15, 0.2) is 52.1 Å². The van der Waals surface area contributed by atoms with Gasteiger partial charge in [0.2, 0.25) is 0 Å². The van der Waals surface area contributed by atoms with Crippen molar-refractivity contribution < 1.29 is 8.78 Å². The van der Waals surface area contributed by atoms with Gasteiger partial charge in [0, 0.05) is 16.8 Å². The molecule has 1 aromatic carbocycles. The zero-order valence-corrected chi connectivity index (χ0v) is 17.4. The normalized spacial score (nSPS) is 11.6. The summed E-state index contributed by atoms with van der Waals surface area (Å²) in [6.07, 6.45) is -0.780. The summed E-state index contributed by atoms with van der Waals surface area (Å²) < 4.78 is 28.0. The molecule has 0 aliphatic heterocycles. The summed E-state index contributed by atoms with van der Waals surface area (Å²) >= 11 is 12.3. The van der Waals surface area contributed by atoms with E-state index in [4.69, 9.17) is 11.6 Å². The van der Waals surface area contributed by atoms with Crippen LogP contribution in [0.5, 0.6) is 0 Å². The molecule has 0 unspecified atom stereocenters. The zero-order valence-electron chi connectivity index (χ0n) is 13.4. The van der Waals surface area contributed by atoms with Crippen molar-refractivity contribution in [3.63, 3.8) is 0 Å². The lowest BCUT2D eigenvalue weighted by Crippen LogP contribution is -1.91. The number of aromatic nitrogens is 4. The van der Waals surface area contributed by atoms with Gasteiger partial charge in [-0.3, -0.25) is 4.40 Å². The number of hydrogen-bond acceptors (Lipinski definition) is 5. The highest BCUT2D eigenvalue weighted by Gasteiger charge is 2.21. The number of imidazole rings is 1. The van der Waals surface area contributed by atoms with E-state index in [1.165, 1.54) is 5.56 Å². The van der Waals surface area contributed by atoms with Crippen LogP contribution >= 0.6 is 50.6 Å². The first-order chi connectivity index (χ1) is 13.0. The molecule has 0 spiro atoms. The van der Waals surface area contributed by atoms with Gasteiger partial charge in [0.25, 0.3) is 6.43 Å². The molecule has 3 heterocycles. The summed E-state index contributed by atoms with van der Waals surface area (Å²) in [6.45, 7) is 0. The Bertz CT molecular complexity index is 1100. The van der Waals surface area contributed by atoms with Crippen molar-refractivity contribution in [3.05, 3.63) is 62.8 Å². The average Bonchev–Trinajstić information content (AvgIpc) is 3.26. The number of alkyl halides is 2. The maximum absolute atomic E-state index is 12.9. The third-order valence-electron chi connectivity index (χ3n) is 3.69. The van der Waals surface area contributed by atoms with E-state index in [1.807, 2.05) is 30.5 Å². The molecular formula is C17H10BrClF2N4S2. The second-order valence-electron chi connectivity index (χ2n) is 5.49. The lowest BCUT2D eigenvalue weighted by molar-refractivity contribution is 0.150. The monoisotopic (exact) mass is 486 g/mol. The van der Waals surface area contributed by atoms with E-state index in [-0.39, 0.29) is 5.01 Å². The van der Waals surface area contributed by atoms with Gasteiger partial charge in [-0.2, -0.15) is 0 Å². The van der Waals surface area contributed by atoms with Gasteiger partial charge in [-0.25, -0.2) is 13.8 Å². The molecule has 4 aromatic rings. The molecule has 0 aliphatic carbocycles. The summed E-state index contributed by atoms with van der Waals surface area (Å²) in [4.78, 5) is 5.33. The standard InChI is InChI=1S/C17H10BrClF2N4S2/c18-13-12-11(19)6-10(26-8-9-4-2-1-3-5-9)7-25(12)15(22-13)17-24-23-16(27-17)14(20)21/h1-7,14H,8H2. The van der Waals surface area contributed by atoms with Crippen LogP contribution in [0.3, 0.4) is 0 Å². The van der Waals surface area contributed by atoms with Gasteiger partial charge in [-0.05, 0) is 27.6 Å². The van der Waals surface area contributed by atoms with Crippen LogP contribution in [0, 0.1) is 0 Å². The Morgan fingerprint density at radius 3 is 2.70 bits per heavy atom. The average molecular weight is 488 g/mol. The Balaban J connectivity index is 1.73. The first kappa shape index (κ1) is 18.8. The predicted molar refractivity (Wildman–Crippen MR) is 108 cm³/mol. The molecule has 0 saturated heterocycles. The van der Waals surface area contributed by atoms with Gasteiger partial charge in [-0.1, -0.05) is 53.3 Å². The zero-order chi connectivity index (χ0) is 19.0. The van der Waals surface area contributed by atoms with E-state index in [1.54, 1.807) is 16.2 Å². The van der Waals surface area contributed by atoms with Crippen molar-refractivity contribution in [3.8, 4) is 10.8 Å². The highest BCUT2D eigenvalue weighted by molar-refractivity contribution is 9.10. The van der Waals surface area contributed by atoms with E-state index >= 15 is 0 Å². The lowest BCUT2D eigenvalue weighted by Gasteiger charge is -2.06. The minimum absolute atomic E-state index is 0.312. The van der Waals surface area contributed by atoms with Crippen LogP contribution < -0.4 is 0 Å². The molecule has 27 heavy (non-hydrogen) atoms. The number of pyridine rings is 1. The van der Waals surface area contributed by atoms with Gasteiger partial charge < -0.3 is 0 Å². The van der Waals surface area contributed by atoms with Crippen molar-refractivity contribution in [1.82, 2.24) is 19.6 Å². The number of thioether (sulfide) groups is 1. The quantitative estimate of drug-likeness (QED) is 0.301. The molecule has 0 saturated carbocycles. The second kappa shape index (κ2) is 7.83. The second-order valence-corrected chi connectivity index (χ2v) is 8.71. The Hall–Kier alpha value is -1.55. The first-order valence-electron chi connectivity index (χ1n) is 7.68. The molecule has 0 fully saturated rings. The molecule has 4 nitrogen and oxygen atoms in total. The minimum Gasteiger partial charge on any atom is -0.294 e. The number of rotatable bonds is 5. The third kappa shape index (κ3) is 3.87.